The third-order valence-electron chi connectivity index (χ3n) is 10.3. The van der Waals surface area contributed by atoms with Crippen LogP contribution in [0.2, 0.25) is 0 Å². The highest BCUT2D eigenvalue weighted by molar-refractivity contribution is 7.19. The molecule has 0 fully saturated rings. The summed E-state index contributed by atoms with van der Waals surface area (Å²) in [7, 11) is 0. The van der Waals surface area contributed by atoms with E-state index in [0.29, 0.717) is 34.6 Å². The molecule has 4 aromatic carbocycles. The molecule has 9 aromatic rings. The number of nitrogens with one attached hydrogen (secondary N) is 1. The number of aromatic amines is 1. The van der Waals surface area contributed by atoms with Crippen molar-refractivity contribution < 1.29 is 4.98 Å². The van der Waals surface area contributed by atoms with Gasteiger partial charge in [0.15, 0.2) is 22.9 Å². The summed E-state index contributed by atoms with van der Waals surface area (Å²) in [5, 5.41) is 10.5. The zero-order chi connectivity index (χ0) is 41.2. The van der Waals surface area contributed by atoms with Gasteiger partial charge in [-0.3, -0.25) is 0 Å². The average Bonchev–Trinajstić information content (AvgIpc) is 3.25. The molecule has 0 aliphatic carbocycles. The Bertz CT molecular complexity index is 2560. The SMILES string of the molecule is Cc1cc(C)c2ccc(N=Nc3ccc4c(C)cc(C)nc4n3)nc2n1.Nc1cccc(N)[nH+]1.c1ccc([B-](c2ccccc2)(c2ccccc2)c2ccccc2)cc1. The minimum Gasteiger partial charge on any atom is -0.319 e. The van der Waals surface area contributed by atoms with Crippen molar-refractivity contribution in [2.75, 3.05) is 11.5 Å². The fourth-order valence-electron chi connectivity index (χ4n) is 7.68. The molecule has 59 heavy (non-hydrogen) atoms. The van der Waals surface area contributed by atoms with Crippen molar-refractivity contribution in [3.63, 3.8) is 0 Å². The molecule has 0 saturated heterocycles. The van der Waals surface area contributed by atoms with Gasteiger partial charge in [0.05, 0.1) is 0 Å². The van der Waals surface area contributed by atoms with Crippen molar-refractivity contribution in [1.82, 2.24) is 19.9 Å². The Morgan fingerprint density at radius 1 is 0.407 bits per heavy atom. The Kier molecular flexibility index (Phi) is 12.2. The van der Waals surface area contributed by atoms with Crippen LogP contribution in [0.25, 0.3) is 22.1 Å². The summed E-state index contributed by atoms with van der Waals surface area (Å²) in [5.74, 6) is 2.19. The number of H-pyrrole nitrogens is 1. The van der Waals surface area contributed by atoms with E-state index in [1.165, 1.54) is 21.9 Å². The van der Waals surface area contributed by atoms with Gasteiger partial charge in [-0.1, -0.05) is 121 Å². The molecule has 0 spiro atoms. The van der Waals surface area contributed by atoms with Gasteiger partial charge >= 0.3 is 0 Å². The van der Waals surface area contributed by atoms with Crippen molar-refractivity contribution >= 4 is 73.3 Å². The van der Waals surface area contributed by atoms with Crippen LogP contribution in [0, 0.1) is 27.7 Å². The minimum atomic E-state index is -1.22. The number of nitrogen functional groups attached to an aromatic ring is 2. The normalized spacial score (nSPS) is 11.1. The summed E-state index contributed by atoms with van der Waals surface area (Å²) in [5.41, 5.74) is 21.5. The fourth-order valence-corrected chi connectivity index (χ4v) is 7.68. The highest BCUT2D eigenvalue weighted by Gasteiger charge is 2.31. The molecule has 9 nitrogen and oxygen atoms in total. The van der Waals surface area contributed by atoms with Gasteiger partial charge in [-0.15, -0.1) is 10.2 Å². The molecule has 0 aliphatic rings. The number of aryl methyl sites for hydroxylation is 4. The van der Waals surface area contributed by atoms with Gasteiger partial charge in [-0.2, -0.15) is 21.9 Å². The maximum atomic E-state index is 5.32. The van der Waals surface area contributed by atoms with Crippen LogP contribution in [0.5, 0.6) is 0 Å². The largest absolute Gasteiger partial charge is 0.319 e. The summed E-state index contributed by atoms with van der Waals surface area (Å²) < 4.78 is 0. The lowest BCUT2D eigenvalue weighted by Crippen LogP contribution is -2.74. The Hall–Kier alpha value is -7.59. The molecule has 9 rings (SSSR count). The van der Waals surface area contributed by atoms with Crippen LogP contribution in [0.15, 0.2) is 186 Å². The van der Waals surface area contributed by atoms with Crippen LogP contribution < -0.4 is 38.3 Å². The van der Waals surface area contributed by atoms with E-state index < -0.39 is 6.15 Å². The number of hydrogen-bond donors (Lipinski definition) is 2. The monoisotopic (exact) mass is 771 g/mol. The molecule has 5 N–H and O–H groups in total. The van der Waals surface area contributed by atoms with E-state index in [1.54, 1.807) is 18.2 Å². The molecule has 0 atom stereocenters. The molecular weight excluding hydrogens is 725 g/mol. The quantitative estimate of drug-likeness (QED) is 0.130. The van der Waals surface area contributed by atoms with Crippen molar-refractivity contribution in [1.29, 1.82) is 0 Å². The maximum absolute atomic E-state index is 5.32. The lowest BCUT2D eigenvalue weighted by atomic mass is 9.13. The topological polar surface area (TPSA) is 142 Å². The number of aromatic nitrogens is 5. The van der Waals surface area contributed by atoms with E-state index in [0.717, 1.165) is 33.3 Å². The Labute approximate surface area is 344 Å². The van der Waals surface area contributed by atoms with Crippen LogP contribution in [-0.2, 0) is 0 Å². The average molecular weight is 772 g/mol. The number of anilines is 2. The van der Waals surface area contributed by atoms with E-state index >= 15 is 0 Å². The van der Waals surface area contributed by atoms with E-state index in [-0.39, 0.29) is 0 Å². The lowest BCUT2D eigenvalue weighted by molar-refractivity contribution is -0.342. The van der Waals surface area contributed by atoms with Crippen LogP contribution in [-0.4, -0.2) is 26.1 Å². The molecule has 5 heterocycles. The number of hydrogen-bond acceptors (Lipinski definition) is 8. The molecule has 0 aliphatic heterocycles. The Morgan fingerprint density at radius 2 is 0.746 bits per heavy atom. The second-order valence-electron chi connectivity index (χ2n) is 14.5. The van der Waals surface area contributed by atoms with Gasteiger partial charge in [0.1, 0.15) is 6.15 Å². The van der Waals surface area contributed by atoms with Crippen molar-refractivity contribution in [2.24, 2.45) is 10.2 Å². The summed E-state index contributed by atoms with van der Waals surface area (Å²) in [4.78, 5) is 20.6. The van der Waals surface area contributed by atoms with Gasteiger partial charge in [0.25, 0.3) is 0 Å². The maximum Gasteiger partial charge on any atom is 0.216 e. The molecule has 0 radical (unpaired) electrons. The molecule has 0 saturated carbocycles. The molecule has 290 valence electrons. The summed E-state index contributed by atoms with van der Waals surface area (Å²) in [6, 6.07) is 60.5. The van der Waals surface area contributed by atoms with E-state index in [9.17, 15) is 0 Å². The zero-order valence-corrected chi connectivity index (χ0v) is 33.7. The van der Waals surface area contributed by atoms with Gasteiger partial charge in [0, 0.05) is 34.3 Å². The smallest absolute Gasteiger partial charge is 0.216 e. The first-order valence-electron chi connectivity index (χ1n) is 19.5. The molecule has 5 aromatic heterocycles. The molecule has 0 unspecified atom stereocenters. The first-order chi connectivity index (χ1) is 28.7. The van der Waals surface area contributed by atoms with Crippen molar-refractivity contribution in [2.45, 2.75) is 27.7 Å². The van der Waals surface area contributed by atoms with E-state index in [4.69, 9.17) is 11.5 Å². The van der Waals surface area contributed by atoms with Crippen molar-refractivity contribution in [3.05, 3.63) is 198 Å². The molecular formula is C49H46BN9. The highest BCUT2D eigenvalue weighted by Crippen LogP contribution is 2.23. The van der Waals surface area contributed by atoms with Gasteiger partial charge < -0.3 is 11.5 Å². The first-order valence-corrected chi connectivity index (χ1v) is 19.5. The molecule has 10 heteroatoms. The number of azo groups is 1. The number of nitrogens with zero attached hydrogens (tertiary/aromatic N) is 6. The van der Waals surface area contributed by atoms with Gasteiger partial charge in [-0.25, -0.2) is 24.9 Å². The summed E-state index contributed by atoms with van der Waals surface area (Å²) in [6.07, 6.45) is -1.22. The second kappa shape index (κ2) is 18.1. The third kappa shape index (κ3) is 9.19. The number of fused-ring (bicyclic) bond motifs is 2. The standard InChI is InChI=1S/C24H20B.C20H18N6.C5H7N3/c1-5-13-21(14-6-1)25(22-15-7-2-8-16-22,23-17-9-3-10-18-23)24-19-11-4-12-20-24;1-11-9-13(3)21-19-15(11)5-7-17(23-19)25-26-18-8-6-16-12(2)10-14(4)22-20(16)24-18;6-4-2-1-3-5(7)8-4/h1-20H;5-10H,1-4H3;1-3H,(H4,6,7,8)/q-1;;/p+1. The summed E-state index contributed by atoms with van der Waals surface area (Å²) >= 11 is 0. The number of nitrogens with two attached hydrogens (primary N) is 2. The number of pyridine rings is 5. The van der Waals surface area contributed by atoms with Gasteiger partial charge in [-0.05, 0) is 81.3 Å². The van der Waals surface area contributed by atoms with E-state index in [1.807, 2.05) is 50.2 Å². The van der Waals surface area contributed by atoms with Crippen LogP contribution in [0.1, 0.15) is 22.5 Å². The predicted molar refractivity (Wildman–Crippen MR) is 244 cm³/mol. The summed E-state index contributed by atoms with van der Waals surface area (Å²) in [6.45, 7) is 8.02. The number of benzene rings is 4. The Balaban J connectivity index is 0.000000151. The molecule has 0 amide bonds. The van der Waals surface area contributed by atoms with Crippen LogP contribution in [0.3, 0.4) is 0 Å². The van der Waals surface area contributed by atoms with Crippen LogP contribution >= 0.6 is 0 Å². The Morgan fingerprint density at radius 3 is 1.05 bits per heavy atom. The third-order valence-corrected chi connectivity index (χ3v) is 10.3. The second-order valence-corrected chi connectivity index (χ2v) is 14.5. The molecule has 0 bridgehead atoms. The van der Waals surface area contributed by atoms with E-state index in [2.05, 4.69) is 170 Å². The van der Waals surface area contributed by atoms with Crippen molar-refractivity contribution in [3.8, 4) is 0 Å². The highest BCUT2D eigenvalue weighted by atomic mass is 15.2. The fraction of sp³-hybridized carbons (Fsp3) is 0.0816. The van der Waals surface area contributed by atoms with Gasteiger partial charge in [0.2, 0.25) is 11.6 Å². The minimum absolute atomic E-state index is 0.505. The first kappa shape index (κ1) is 39.6. The lowest BCUT2D eigenvalue weighted by Gasteiger charge is -2.44. The van der Waals surface area contributed by atoms with Crippen LogP contribution in [0.4, 0.5) is 23.3 Å². The predicted octanol–water partition coefficient (Wildman–Crippen LogP) is 7.95. The number of rotatable bonds is 6. The zero-order valence-electron chi connectivity index (χ0n) is 33.7.